The number of fused-ring (bicyclic) bond motifs is 1. The number of carbonyl (C=O) groups excluding carboxylic acids is 2. The molecule has 1 amide bonds. The Balaban J connectivity index is 1.59. The lowest BCUT2D eigenvalue weighted by atomic mass is 9.85. The van der Waals surface area contributed by atoms with Gasteiger partial charge in [-0.15, -0.1) is 0 Å². The van der Waals surface area contributed by atoms with E-state index in [4.69, 9.17) is 0 Å². The molecule has 2 aromatic carbocycles. The number of nitrogens with one attached hydrogen (secondary N) is 1. The molecule has 27 heavy (non-hydrogen) atoms. The number of amides is 1. The first kappa shape index (κ1) is 17.9. The van der Waals surface area contributed by atoms with Gasteiger partial charge in [0.15, 0.2) is 5.78 Å². The molecule has 0 aromatic heterocycles. The number of carbonyl (C=O) groups is 2. The van der Waals surface area contributed by atoms with Crippen LogP contribution >= 0.6 is 0 Å². The van der Waals surface area contributed by atoms with Crippen molar-refractivity contribution in [2.24, 2.45) is 5.92 Å². The highest BCUT2D eigenvalue weighted by Crippen LogP contribution is 2.32. The van der Waals surface area contributed by atoms with E-state index in [9.17, 15) is 14.0 Å². The third-order valence-electron chi connectivity index (χ3n) is 5.74. The molecule has 1 unspecified atom stereocenters. The van der Waals surface area contributed by atoms with Crippen molar-refractivity contribution in [3.8, 4) is 0 Å². The smallest absolute Gasteiger partial charge is 0.254 e. The molecule has 4 rings (SSSR count). The second kappa shape index (κ2) is 7.61. The molecule has 1 N–H and O–H groups in total. The van der Waals surface area contributed by atoms with E-state index in [1.807, 2.05) is 29.2 Å². The maximum atomic E-state index is 13.2. The third-order valence-corrected chi connectivity index (χ3v) is 5.74. The van der Waals surface area contributed by atoms with E-state index in [-0.39, 0.29) is 35.9 Å². The van der Waals surface area contributed by atoms with Crippen molar-refractivity contribution in [3.63, 3.8) is 0 Å². The summed E-state index contributed by atoms with van der Waals surface area (Å²) in [6.45, 7) is 2.36. The summed E-state index contributed by atoms with van der Waals surface area (Å²) in [7, 11) is 0. The SMILES string of the molecule is O=C(CC(C1CCNCC1)N1Cc2ccccc2C1=O)c1ccc(F)cc1. The Morgan fingerprint density at radius 2 is 1.81 bits per heavy atom. The summed E-state index contributed by atoms with van der Waals surface area (Å²) in [6, 6.07) is 13.2. The molecule has 1 atom stereocenters. The maximum absolute atomic E-state index is 13.2. The Hall–Kier alpha value is -2.53. The monoisotopic (exact) mass is 366 g/mol. The van der Waals surface area contributed by atoms with E-state index in [0.717, 1.165) is 37.1 Å². The highest BCUT2D eigenvalue weighted by Gasteiger charge is 2.38. The zero-order chi connectivity index (χ0) is 18.8. The standard InChI is InChI=1S/C22H23FN2O2/c23-18-7-5-16(6-8-18)21(26)13-20(15-9-11-24-12-10-15)25-14-17-3-1-2-4-19(17)22(25)27/h1-8,15,20,24H,9-14H2. The molecule has 0 bridgehead atoms. The first-order valence-corrected chi connectivity index (χ1v) is 9.52. The summed E-state index contributed by atoms with van der Waals surface area (Å²) >= 11 is 0. The van der Waals surface area contributed by atoms with Gasteiger partial charge >= 0.3 is 0 Å². The van der Waals surface area contributed by atoms with Gasteiger partial charge in [0.05, 0.1) is 0 Å². The largest absolute Gasteiger partial charge is 0.331 e. The van der Waals surface area contributed by atoms with Crippen LogP contribution in [0.25, 0.3) is 0 Å². The average Bonchev–Trinajstić information content (AvgIpc) is 3.04. The normalized spacial score (nSPS) is 18.4. The number of Topliss-reactive ketones (excluding diaryl/α,β-unsaturated/α-hetero) is 1. The van der Waals surface area contributed by atoms with Crippen LogP contribution < -0.4 is 5.32 Å². The zero-order valence-corrected chi connectivity index (χ0v) is 15.2. The average molecular weight is 366 g/mol. The highest BCUT2D eigenvalue weighted by molar-refractivity contribution is 6.00. The van der Waals surface area contributed by atoms with Crippen LogP contribution in [-0.2, 0) is 6.54 Å². The lowest BCUT2D eigenvalue weighted by Crippen LogP contribution is -2.45. The number of hydrogen-bond acceptors (Lipinski definition) is 3. The molecule has 4 nitrogen and oxygen atoms in total. The summed E-state index contributed by atoms with van der Waals surface area (Å²) in [4.78, 5) is 27.7. The van der Waals surface area contributed by atoms with Gasteiger partial charge in [-0.05, 0) is 67.7 Å². The van der Waals surface area contributed by atoms with Crippen molar-refractivity contribution in [2.45, 2.75) is 31.8 Å². The fourth-order valence-electron chi connectivity index (χ4n) is 4.25. The number of ketones is 1. The zero-order valence-electron chi connectivity index (χ0n) is 15.2. The lowest BCUT2D eigenvalue weighted by molar-refractivity contribution is 0.0567. The molecule has 0 aliphatic carbocycles. The van der Waals surface area contributed by atoms with Gasteiger partial charge in [0.1, 0.15) is 5.82 Å². The Labute approximate surface area is 158 Å². The number of rotatable bonds is 5. The molecule has 1 fully saturated rings. The molecule has 1 saturated heterocycles. The quantitative estimate of drug-likeness (QED) is 0.825. The molecule has 0 radical (unpaired) electrons. The van der Waals surface area contributed by atoms with Crippen molar-refractivity contribution in [2.75, 3.05) is 13.1 Å². The van der Waals surface area contributed by atoms with Crippen LogP contribution in [0.15, 0.2) is 48.5 Å². The Morgan fingerprint density at radius 1 is 1.11 bits per heavy atom. The number of piperidine rings is 1. The van der Waals surface area contributed by atoms with Crippen LogP contribution in [0.4, 0.5) is 4.39 Å². The van der Waals surface area contributed by atoms with E-state index in [1.54, 1.807) is 0 Å². The van der Waals surface area contributed by atoms with E-state index >= 15 is 0 Å². The maximum Gasteiger partial charge on any atom is 0.254 e. The van der Waals surface area contributed by atoms with E-state index < -0.39 is 0 Å². The Bertz CT molecular complexity index is 844. The van der Waals surface area contributed by atoms with Crippen molar-refractivity contribution >= 4 is 11.7 Å². The van der Waals surface area contributed by atoms with Crippen LogP contribution in [0.3, 0.4) is 0 Å². The van der Waals surface area contributed by atoms with E-state index in [0.29, 0.717) is 12.1 Å². The van der Waals surface area contributed by atoms with Gasteiger partial charge in [-0.1, -0.05) is 18.2 Å². The molecule has 0 saturated carbocycles. The molecule has 2 aromatic rings. The van der Waals surface area contributed by atoms with Crippen LogP contribution in [0, 0.1) is 11.7 Å². The number of benzene rings is 2. The summed E-state index contributed by atoms with van der Waals surface area (Å²) in [5.74, 6) is -0.0936. The van der Waals surface area contributed by atoms with Gasteiger partial charge in [-0.3, -0.25) is 9.59 Å². The second-order valence-electron chi connectivity index (χ2n) is 7.38. The fraction of sp³-hybridized carbons (Fsp3) is 0.364. The predicted octanol–water partition coefficient (Wildman–Crippen LogP) is 3.42. The minimum atomic E-state index is -0.355. The van der Waals surface area contributed by atoms with Crippen molar-refractivity contribution in [3.05, 3.63) is 71.0 Å². The van der Waals surface area contributed by atoms with Gasteiger partial charge in [0.2, 0.25) is 0 Å². The van der Waals surface area contributed by atoms with Crippen LogP contribution in [0.2, 0.25) is 0 Å². The van der Waals surface area contributed by atoms with Gasteiger partial charge < -0.3 is 10.2 Å². The summed E-state index contributed by atoms with van der Waals surface area (Å²) in [6.07, 6.45) is 2.17. The molecule has 0 spiro atoms. The Morgan fingerprint density at radius 3 is 2.52 bits per heavy atom. The molecular formula is C22H23FN2O2. The van der Waals surface area contributed by atoms with Crippen LogP contribution in [0.5, 0.6) is 0 Å². The number of hydrogen-bond donors (Lipinski definition) is 1. The van der Waals surface area contributed by atoms with Gasteiger partial charge in [0.25, 0.3) is 5.91 Å². The molecule has 5 heteroatoms. The lowest BCUT2D eigenvalue weighted by Gasteiger charge is -2.36. The fourth-order valence-corrected chi connectivity index (χ4v) is 4.25. The second-order valence-corrected chi connectivity index (χ2v) is 7.38. The molecular weight excluding hydrogens is 343 g/mol. The molecule has 2 aliphatic heterocycles. The van der Waals surface area contributed by atoms with Gasteiger partial charge in [0, 0.05) is 30.1 Å². The Kier molecular flexibility index (Phi) is 5.03. The van der Waals surface area contributed by atoms with Crippen molar-refractivity contribution in [1.29, 1.82) is 0 Å². The van der Waals surface area contributed by atoms with Crippen molar-refractivity contribution < 1.29 is 14.0 Å². The molecule has 2 heterocycles. The summed E-state index contributed by atoms with van der Waals surface area (Å²) in [5, 5.41) is 3.35. The van der Waals surface area contributed by atoms with E-state index in [1.165, 1.54) is 24.3 Å². The summed E-state index contributed by atoms with van der Waals surface area (Å²) in [5.41, 5.74) is 2.26. The number of halogens is 1. The van der Waals surface area contributed by atoms with Crippen LogP contribution in [-0.4, -0.2) is 35.7 Å². The third kappa shape index (κ3) is 3.65. The number of nitrogens with zero attached hydrogens (tertiary/aromatic N) is 1. The molecule has 2 aliphatic rings. The minimum Gasteiger partial charge on any atom is -0.331 e. The summed E-state index contributed by atoms with van der Waals surface area (Å²) < 4.78 is 13.2. The first-order valence-electron chi connectivity index (χ1n) is 9.52. The van der Waals surface area contributed by atoms with Crippen molar-refractivity contribution in [1.82, 2.24) is 10.2 Å². The topological polar surface area (TPSA) is 49.4 Å². The molecule has 140 valence electrons. The minimum absolute atomic E-state index is 0.0149. The van der Waals surface area contributed by atoms with Gasteiger partial charge in [-0.25, -0.2) is 4.39 Å². The predicted molar refractivity (Wildman–Crippen MR) is 101 cm³/mol. The van der Waals surface area contributed by atoms with E-state index in [2.05, 4.69) is 5.32 Å². The van der Waals surface area contributed by atoms with Gasteiger partial charge in [-0.2, -0.15) is 0 Å². The highest BCUT2D eigenvalue weighted by atomic mass is 19.1. The first-order chi connectivity index (χ1) is 13.1. The van der Waals surface area contributed by atoms with Crippen LogP contribution in [0.1, 0.15) is 45.5 Å².